The topological polar surface area (TPSA) is 9.86 Å². The summed E-state index contributed by atoms with van der Waals surface area (Å²) in [5.41, 5.74) is 12.9. The minimum atomic E-state index is 0.961. The molecule has 0 saturated heterocycles. The van der Waals surface area contributed by atoms with Crippen molar-refractivity contribution in [2.24, 2.45) is 0 Å². The van der Waals surface area contributed by atoms with Crippen LogP contribution < -0.4 is 0 Å². The predicted molar refractivity (Wildman–Crippen MR) is 163 cm³/mol. The number of rotatable bonds is 2. The van der Waals surface area contributed by atoms with Crippen LogP contribution >= 0.6 is 0 Å². The van der Waals surface area contributed by atoms with Gasteiger partial charge in [-0.2, -0.15) is 0 Å². The van der Waals surface area contributed by atoms with Gasteiger partial charge in [-0.15, -0.1) is 0 Å². The molecule has 0 N–H and O–H groups in total. The Morgan fingerprint density at radius 1 is 0.359 bits per heavy atom. The van der Waals surface area contributed by atoms with Gasteiger partial charge >= 0.3 is 0 Å². The minimum absolute atomic E-state index is 0.961. The number of fused-ring (bicyclic) bond motifs is 9. The highest BCUT2D eigenvalue weighted by molar-refractivity contribution is 6.10. The van der Waals surface area contributed by atoms with E-state index < -0.39 is 0 Å². The molecule has 0 radical (unpaired) electrons. The monoisotopic (exact) mass is 496 g/mol. The maximum atomic E-state index is 2.41. The average Bonchev–Trinajstić information content (AvgIpc) is 3.64. The van der Waals surface area contributed by atoms with Gasteiger partial charge in [-0.25, -0.2) is 0 Å². The van der Waals surface area contributed by atoms with Gasteiger partial charge in [0.25, 0.3) is 0 Å². The molecule has 6 aromatic carbocycles. The van der Waals surface area contributed by atoms with Gasteiger partial charge in [-0.05, 0) is 77.2 Å². The van der Waals surface area contributed by atoms with Crippen LogP contribution in [0.4, 0.5) is 0 Å². The van der Waals surface area contributed by atoms with Crippen LogP contribution in [0, 0.1) is 0 Å². The van der Waals surface area contributed by atoms with Crippen LogP contribution in [0.5, 0.6) is 0 Å². The zero-order valence-electron chi connectivity index (χ0n) is 21.3. The fourth-order valence-corrected chi connectivity index (χ4v) is 6.84. The van der Waals surface area contributed by atoms with Gasteiger partial charge in [0, 0.05) is 32.9 Å². The third-order valence-electron chi connectivity index (χ3n) is 8.53. The van der Waals surface area contributed by atoms with E-state index in [-0.39, 0.29) is 0 Å². The zero-order valence-corrected chi connectivity index (χ0v) is 21.3. The molecule has 0 spiro atoms. The second kappa shape index (κ2) is 7.72. The Balaban J connectivity index is 1.22. The van der Waals surface area contributed by atoms with E-state index in [0.717, 1.165) is 6.42 Å². The number of benzene rings is 6. The zero-order chi connectivity index (χ0) is 25.5. The third-order valence-corrected chi connectivity index (χ3v) is 8.53. The van der Waals surface area contributed by atoms with Crippen molar-refractivity contribution in [1.29, 1.82) is 0 Å². The highest BCUT2D eigenvalue weighted by Gasteiger charge is 2.22. The van der Waals surface area contributed by atoms with Crippen molar-refractivity contribution in [3.05, 3.63) is 145 Å². The number of hydrogen-bond acceptors (Lipinski definition) is 0. The van der Waals surface area contributed by atoms with Gasteiger partial charge in [0.05, 0.1) is 22.1 Å². The van der Waals surface area contributed by atoms with Crippen molar-refractivity contribution < 1.29 is 0 Å². The van der Waals surface area contributed by atoms with E-state index in [4.69, 9.17) is 0 Å². The van der Waals surface area contributed by atoms with Crippen molar-refractivity contribution in [2.75, 3.05) is 0 Å². The van der Waals surface area contributed by atoms with Crippen molar-refractivity contribution in [3.63, 3.8) is 0 Å². The molecule has 0 aliphatic heterocycles. The molecule has 2 nitrogen and oxygen atoms in total. The molecule has 0 saturated carbocycles. The van der Waals surface area contributed by atoms with Gasteiger partial charge < -0.3 is 9.13 Å². The van der Waals surface area contributed by atoms with E-state index in [0.29, 0.717) is 0 Å². The molecule has 0 unspecified atom stereocenters. The molecule has 9 rings (SSSR count). The number of nitrogens with zero attached hydrogens (tertiary/aromatic N) is 2. The SMILES string of the molecule is c1ccc2c(c1)c1ccccc1n2-c1ccc2c(c1)Cc1ccc(-n3c4ccccc4c4ccccc43)cc1-2. The Labute approximate surface area is 226 Å². The normalized spacial score (nSPS) is 12.5. The van der Waals surface area contributed by atoms with Crippen LogP contribution in [0.15, 0.2) is 133 Å². The lowest BCUT2D eigenvalue weighted by Crippen LogP contribution is -1.95. The summed E-state index contributed by atoms with van der Waals surface area (Å²) >= 11 is 0. The summed E-state index contributed by atoms with van der Waals surface area (Å²) < 4.78 is 4.83. The first-order chi connectivity index (χ1) is 19.3. The second-order valence-corrected chi connectivity index (χ2v) is 10.6. The fourth-order valence-electron chi connectivity index (χ4n) is 6.84. The number of aromatic nitrogens is 2. The minimum Gasteiger partial charge on any atom is -0.309 e. The number of para-hydroxylation sites is 4. The first kappa shape index (κ1) is 20.9. The molecule has 0 atom stereocenters. The molecule has 0 bridgehead atoms. The third kappa shape index (κ3) is 2.86. The van der Waals surface area contributed by atoms with Crippen LogP contribution in [0.1, 0.15) is 11.1 Å². The lowest BCUT2D eigenvalue weighted by atomic mass is 10.0. The molecular weight excluding hydrogens is 472 g/mol. The van der Waals surface area contributed by atoms with E-state index in [1.165, 1.54) is 77.2 Å². The smallest absolute Gasteiger partial charge is 0.0541 e. The van der Waals surface area contributed by atoms with Crippen molar-refractivity contribution in [1.82, 2.24) is 9.13 Å². The van der Waals surface area contributed by atoms with E-state index in [9.17, 15) is 0 Å². The molecule has 2 heteroatoms. The Hall–Kier alpha value is -5.08. The summed E-state index contributed by atoms with van der Waals surface area (Å²) in [5, 5.41) is 5.19. The summed E-state index contributed by atoms with van der Waals surface area (Å²) in [6.45, 7) is 0. The predicted octanol–water partition coefficient (Wildman–Crippen LogP) is 9.45. The molecular formula is C37H24N2. The molecule has 0 amide bonds. The summed E-state index contributed by atoms with van der Waals surface area (Å²) in [6, 6.07) is 48.9. The summed E-state index contributed by atoms with van der Waals surface area (Å²) in [6.07, 6.45) is 0.961. The quantitative estimate of drug-likeness (QED) is 0.226. The van der Waals surface area contributed by atoms with E-state index in [1.54, 1.807) is 0 Å². The summed E-state index contributed by atoms with van der Waals surface area (Å²) in [7, 11) is 0. The molecule has 1 aliphatic rings. The van der Waals surface area contributed by atoms with Gasteiger partial charge in [-0.1, -0.05) is 84.9 Å². The van der Waals surface area contributed by atoms with E-state index in [1.807, 2.05) is 0 Å². The largest absolute Gasteiger partial charge is 0.309 e. The van der Waals surface area contributed by atoms with Crippen molar-refractivity contribution in [2.45, 2.75) is 6.42 Å². The van der Waals surface area contributed by atoms with Gasteiger partial charge in [0.15, 0.2) is 0 Å². The first-order valence-corrected chi connectivity index (χ1v) is 13.6. The lowest BCUT2D eigenvalue weighted by molar-refractivity contribution is 1.16. The lowest BCUT2D eigenvalue weighted by Gasteiger charge is -2.11. The average molecular weight is 497 g/mol. The Kier molecular flexibility index (Phi) is 4.14. The van der Waals surface area contributed by atoms with Gasteiger partial charge in [0.2, 0.25) is 0 Å². The molecule has 0 fully saturated rings. The fraction of sp³-hybridized carbons (Fsp3) is 0.0270. The Morgan fingerprint density at radius 3 is 1.31 bits per heavy atom. The summed E-state index contributed by atoms with van der Waals surface area (Å²) in [4.78, 5) is 0. The maximum Gasteiger partial charge on any atom is 0.0541 e. The van der Waals surface area contributed by atoms with Crippen LogP contribution in [-0.4, -0.2) is 9.13 Å². The molecule has 8 aromatic rings. The summed E-state index contributed by atoms with van der Waals surface area (Å²) in [5.74, 6) is 0. The van der Waals surface area contributed by atoms with Gasteiger partial charge in [-0.3, -0.25) is 0 Å². The molecule has 1 aliphatic carbocycles. The molecule has 2 aromatic heterocycles. The second-order valence-electron chi connectivity index (χ2n) is 10.6. The van der Waals surface area contributed by atoms with Crippen LogP contribution in [-0.2, 0) is 6.42 Å². The van der Waals surface area contributed by atoms with Crippen molar-refractivity contribution >= 4 is 43.6 Å². The standard InChI is InChI=1S/C37H24N2/c1-5-13-34-29(9-1)30-10-2-6-14-35(30)38(34)26-19-20-28-25(22-26)21-24-17-18-27(23-33(24)28)39-36-15-7-3-11-31(36)32-12-4-8-16-37(32)39/h1-20,22-23H,21H2. The van der Waals surface area contributed by atoms with Crippen molar-refractivity contribution in [3.8, 4) is 22.5 Å². The van der Waals surface area contributed by atoms with Crippen LogP contribution in [0.25, 0.3) is 66.1 Å². The number of hydrogen-bond donors (Lipinski definition) is 0. The van der Waals surface area contributed by atoms with Gasteiger partial charge in [0.1, 0.15) is 0 Å². The van der Waals surface area contributed by atoms with E-state index in [2.05, 4.69) is 143 Å². The van der Waals surface area contributed by atoms with Crippen LogP contribution in [0.3, 0.4) is 0 Å². The Bertz CT molecular complexity index is 2150. The van der Waals surface area contributed by atoms with Crippen LogP contribution in [0.2, 0.25) is 0 Å². The highest BCUT2D eigenvalue weighted by atomic mass is 15.0. The molecule has 182 valence electrons. The highest BCUT2D eigenvalue weighted by Crippen LogP contribution is 2.41. The first-order valence-electron chi connectivity index (χ1n) is 13.6. The van der Waals surface area contributed by atoms with E-state index >= 15 is 0 Å². The maximum absolute atomic E-state index is 2.41. The molecule has 39 heavy (non-hydrogen) atoms. The molecule has 2 heterocycles. The Morgan fingerprint density at radius 2 is 0.795 bits per heavy atom.